The van der Waals surface area contributed by atoms with E-state index in [0.717, 1.165) is 12.3 Å². The van der Waals surface area contributed by atoms with Gasteiger partial charge in [0.1, 0.15) is 0 Å². The standard InChI is InChI=1S/C18H20O/c1-18(11-12-8-16(18)17(19)9-12)15-7-6-13-4-2-3-5-14(13)10-15/h2-7,10,12,16-17,19H,8-9,11H2,1H3. The molecular formula is C18H20O. The minimum absolute atomic E-state index is 0.0878. The van der Waals surface area contributed by atoms with Gasteiger partial charge in [0, 0.05) is 0 Å². The smallest absolute Gasteiger partial charge is 0.0579 e. The SMILES string of the molecule is CC1(c2ccc3ccccc3c2)CC2CC(O)C1C2. The van der Waals surface area contributed by atoms with Gasteiger partial charge in [0.15, 0.2) is 0 Å². The van der Waals surface area contributed by atoms with Crippen molar-refractivity contribution < 1.29 is 5.11 Å². The third-order valence-electron chi connectivity index (χ3n) is 5.57. The minimum atomic E-state index is -0.0878. The van der Waals surface area contributed by atoms with Crippen molar-refractivity contribution >= 4 is 10.8 Å². The fourth-order valence-electron chi connectivity index (χ4n) is 4.60. The largest absolute Gasteiger partial charge is 0.393 e. The molecule has 0 amide bonds. The summed E-state index contributed by atoms with van der Waals surface area (Å²) in [6.45, 7) is 2.35. The second-order valence-corrected chi connectivity index (χ2v) is 6.69. The predicted octanol–water partition coefficient (Wildman–Crippen LogP) is 3.89. The molecular weight excluding hydrogens is 232 g/mol. The molecule has 19 heavy (non-hydrogen) atoms. The first-order valence-electron chi connectivity index (χ1n) is 7.34. The zero-order valence-electron chi connectivity index (χ0n) is 11.3. The van der Waals surface area contributed by atoms with Crippen LogP contribution < -0.4 is 0 Å². The molecule has 2 aliphatic carbocycles. The molecule has 2 saturated carbocycles. The molecule has 1 N–H and O–H groups in total. The number of hydrogen-bond donors (Lipinski definition) is 1. The molecule has 4 rings (SSSR count). The summed E-state index contributed by atoms with van der Waals surface area (Å²) in [5.41, 5.74) is 1.59. The van der Waals surface area contributed by atoms with Gasteiger partial charge < -0.3 is 5.11 Å². The normalized spacial score (nSPS) is 37.1. The number of benzene rings is 2. The van der Waals surface area contributed by atoms with E-state index in [9.17, 15) is 5.11 Å². The van der Waals surface area contributed by atoms with Crippen LogP contribution >= 0.6 is 0 Å². The maximum Gasteiger partial charge on any atom is 0.0579 e. The number of aliphatic hydroxyl groups is 1. The topological polar surface area (TPSA) is 20.2 Å². The zero-order valence-corrected chi connectivity index (χ0v) is 11.3. The molecule has 2 fully saturated rings. The average molecular weight is 252 g/mol. The Kier molecular flexibility index (Phi) is 2.32. The lowest BCUT2D eigenvalue weighted by Crippen LogP contribution is -2.36. The van der Waals surface area contributed by atoms with Gasteiger partial charge in [0.25, 0.3) is 0 Å². The lowest BCUT2D eigenvalue weighted by Gasteiger charge is -2.37. The molecule has 4 unspecified atom stereocenters. The molecule has 2 aromatic carbocycles. The Labute approximate surface area is 114 Å². The second kappa shape index (κ2) is 3.83. The Balaban J connectivity index is 1.82. The van der Waals surface area contributed by atoms with E-state index in [0.29, 0.717) is 5.92 Å². The predicted molar refractivity (Wildman–Crippen MR) is 78.1 cm³/mol. The summed E-state index contributed by atoms with van der Waals surface area (Å²) in [7, 11) is 0. The molecule has 0 spiro atoms. The summed E-state index contributed by atoms with van der Waals surface area (Å²) in [6.07, 6.45) is 3.39. The van der Waals surface area contributed by atoms with Crippen molar-refractivity contribution in [2.24, 2.45) is 11.8 Å². The number of rotatable bonds is 1. The van der Waals surface area contributed by atoms with Crippen LogP contribution in [0.15, 0.2) is 42.5 Å². The van der Waals surface area contributed by atoms with E-state index in [-0.39, 0.29) is 11.5 Å². The molecule has 0 radical (unpaired) electrons. The Morgan fingerprint density at radius 3 is 2.58 bits per heavy atom. The molecule has 98 valence electrons. The Bertz CT molecular complexity index is 632. The van der Waals surface area contributed by atoms with Crippen molar-refractivity contribution in [3.63, 3.8) is 0 Å². The van der Waals surface area contributed by atoms with E-state index in [1.165, 1.54) is 29.2 Å². The molecule has 1 heteroatoms. The summed E-state index contributed by atoms with van der Waals surface area (Å²) in [6, 6.07) is 15.4. The molecule has 1 nitrogen and oxygen atoms in total. The summed E-state index contributed by atoms with van der Waals surface area (Å²) in [4.78, 5) is 0. The average Bonchev–Trinajstić information content (AvgIpc) is 2.94. The third-order valence-corrected chi connectivity index (χ3v) is 5.57. The fraction of sp³-hybridized carbons (Fsp3) is 0.444. The van der Waals surface area contributed by atoms with Crippen molar-refractivity contribution in [2.45, 2.75) is 37.7 Å². The van der Waals surface area contributed by atoms with Crippen molar-refractivity contribution in [1.82, 2.24) is 0 Å². The van der Waals surface area contributed by atoms with Gasteiger partial charge in [-0.15, -0.1) is 0 Å². The highest BCUT2D eigenvalue weighted by Gasteiger charge is 2.53. The van der Waals surface area contributed by atoms with Crippen molar-refractivity contribution in [1.29, 1.82) is 0 Å². The molecule has 4 atom stereocenters. The van der Waals surface area contributed by atoms with Crippen LogP contribution in [0.2, 0.25) is 0 Å². The van der Waals surface area contributed by atoms with Crippen LogP contribution in [0.4, 0.5) is 0 Å². The van der Waals surface area contributed by atoms with Crippen LogP contribution in [0.5, 0.6) is 0 Å². The van der Waals surface area contributed by atoms with Gasteiger partial charge in [0.05, 0.1) is 6.10 Å². The summed E-state index contributed by atoms with van der Waals surface area (Å²) in [5, 5.41) is 12.9. The minimum Gasteiger partial charge on any atom is -0.393 e. The monoisotopic (exact) mass is 252 g/mol. The van der Waals surface area contributed by atoms with Crippen LogP contribution in [0, 0.1) is 11.8 Å². The van der Waals surface area contributed by atoms with Gasteiger partial charge in [-0.1, -0.05) is 49.4 Å². The first-order chi connectivity index (χ1) is 9.17. The number of hydrogen-bond acceptors (Lipinski definition) is 1. The highest BCUT2D eigenvalue weighted by molar-refractivity contribution is 5.83. The molecule has 2 bridgehead atoms. The van der Waals surface area contributed by atoms with Crippen molar-refractivity contribution in [3.8, 4) is 0 Å². The fourth-order valence-corrected chi connectivity index (χ4v) is 4.60. The van der Waals surface area contributed by atoms with E-state index in [2.05, 4.69) is 49.4 Å². The third kappa shape index (κ3) is 1.58. The van der Waals surface area contributed by atoms with Gasteiger partial charge in [-0.25, -0.2) is 0 Å². The Morgan fingerprint density at radius 1 is 1.05 bits per heavy atom. The van der Waals surface area contributed by atoms with E-state index < -0.39 is 0 Å². The second-order valence-electron chi connectivity index (χ2n) is 6.69. The molecule has 0 heterocycles. The quantitative estimate of drug-likeness (QED) is 0.816. The van der Waals surface area contributed by atoms with Gasteiger partial charge in [0.2, 0.25) is 0 Å². The van der Waals surface area contributed by atoms with Crippen LogP contribution in [-0.4, -0.2) is 11.2 Å². The van der Waals surface area contributed by atoms with E-state index in [1.54, 1.807) is 0 Å². The van der Waals surface area contributed by atoms with Crippen LogP contribution in [0.1, 0.15) is 31.7 Å². The van der Waals surface area contributed by atoms with Gasteiger partial charge >= 0.3 is 0 Å². The highest BCUT2D eigenvalue weighted by atomic mass is 16.3. The maximum atomic E-state index is 10.2. The van der Waals surface area contributed by atoms with E-state index in [4.69, 9.17) is 0 Å². The van der Waals surface area contributed by atoms with Gasteiger partial charge in [-0.2, -0.15) is 0 Å². The number of fused-ring (bicyclic) bond motifs is 3. The van der Waals surface area contributed by atoms with Gasteiger partial charge in [-0.3, -0.25) is 0 Å². The maximum absolute atomic E-state index is 10.2. The first-order valence-corrected chi connectivity index (χ1v) is 7.34. The molecule has 0 saturated heterocycles. The Morgan fingerprint density at radius 2 is 1.84 bits per heavy atom. The lowest BCUT2D eigenvalue weighted by molar-refractivity contribution is 0.0698. The van der Waals surface area contributed by atoms with Crippen LogP contribution in [-0.2, 0) is 5.41 Å². The first kappa shape index (κ1) is 11.5. The van der Waals surface area contributed by atoms with Crippen LogP contribution in [0.3, 0.4) is 0 Å². The molecule has 2 aliphatic rings. The Hall–Kier alpha value is -1.34. The zero-order chi connectivity index (χ0) is 13.0. The van der Waals surface area contributed by atoms with Crippen molar-refractivity contribution in [2.75, 3.05) is 0 Å². The summed E-state index contributed by atoms with van der Waals surface area (Å²) < 4.78 is 0. The van der Waals surface area contributed by atoms with E-state index >= 15 is 0 Å². The van der Waals surface area contributed by atoms with Gasteiger partial charge in [-0.05, 0) is 52.8 Å². The molecule has 0 aromatic heterocycles. The molecule has 0 aliphatic heterocycles. The van der Waals surface area contributed by atoms with Crippen LogP contribution in [0.25, 0.3) is 10.8 Å². The molecule has 2 aromatic rings. The van der Waals surface area contributed by atoms with Crippen molar-refractivity contribution in [3.05, 3.63) is 48.0 Å². The summed E-state index contributed by atoms with van der Waals surface area (Å²) in [5.74, 6) is 1.19. The number of aliphatic hydroxyl groups excluding tert-OH is 1. The van der Waals surface area contributed by atoms with E-state index in [1.807, 2.05) is 0 Å². The highest BCUT2D eigenvalue weighted by Crippen LogP contribution is 2.56. The summed E-state index contributed by atoms with van der Waals surface area (Å²) >= 11 is 0. The lowest BCUT2D eigenvalue weighted by atomic mass is 9.68.